The third-order valence-corrected chi connectivity index (χ3v) is 3.44. The standard InChI is InChI=1S/C14H10F3N7/c15-14(16,17)7-22-12-20-5-10-9(4-19-11(10)23-12)8-3-21-13-18-1-2-24(13)6-8/h1-6H,7H2,(H2,19,20,22,23). The molecule has 4 aromatic heterocycles. The predicted octanol–water partition coefficient (Wildman–Crippen LogP) is 2.64. The molecule has 0 fully saturated rings. The highest BCUT2D eigenvalue weighted by molar-refractivity contribution is 5.93. The number of rotatable bonds is 3. The number of nitrogens with one attached hydrogen (secondary N) is 2. The summed E-state index contributed by atoms with van der Waals surface area (Å²) in [5, 5.41) is 2.84. The zero-order valence-corrected chi connectivity index (χ0v) is 12.0. The quantitative estimate of drug-likeness (QED) is 0.602. The number of hydrogen-bond acceptors (Lipinski definition) is 5. The molecular formula is C14H10F3N7. The van der Waals surface area contributed by atoms with Crippen molar-refractivity contribution in [2.45, 2.75) is 6.18 Å². The Kier molecular flexibility index (Phi) is 3.12. The third kappa shape index (κ3) is 2.62. The van der Waals surface area contributed by atoms with Gasteiger partial charge in [0.25, 0.3) is 0 Å². The summed E-state index contributed by atoms with van der Waals surface area (Å²) in [5.41, 5.74) is 2.05. The van der Waals surface area contributed by atoms with Crippen molar-refractivity contribution in [3.63, 3.8) is 0 Å². The second-order valence-electron chi connectivity index (χ2n) is 5.10. The number of anilines is 1. The maximum atomic E-state index is 12.2. The van der Waals surface area contributed by atoms with Gasteiger partial charge in [0.2, 0.25) is 11.7 Å². The van der Waals surface area contributed by atoms with Gasteiger partial charge in [-0.3, -0.25) is 4.40 Å². The van der Waals surface area contributed by atoms with E-state index in [2.05, 4.69) is 30.2 Å². The van der Waals surface area contributed by atoms with E-state index in [-0.39, 0.29) is 5.95 Å². The molecule has 0 aliphatic heterocycles. The molecule has 0 radical (unpaired) electrons. The highest BCUT2D eigenvalue weighted by Gasteiger charge is 2.27. The van der Waals surface area contributed by atoms with Crippen LogP contribution in [0.5, 0.6) is 0 Å². The van der Waals surface area contributed by atoms with Crippen molar-refractivity contribution in [3.05, 3.63) is 37.2 Å². The normalized spacial score (nSPS) is 12.1. The van der Waals surface area contributed by atoms with Crippen LogP contribution in [-0.2, 0) is 0 Å². The highest BCUT2D eigenvalue weighted by atomic mass is 19.4. The first-order valence-electron chi connectivity index (χ1n) is 6.93. The molecule has 4 aromatic rings. The molecule has 0 amide bonds. The van der Waals surface area contributed by atoms with Crippen LogP contribution in [0.1, 0.15) is 0 Å². The van der Waals surface area contributed by atoms with Gasteiger partial charge in [0.15, 0.2) is 0 Å². The largest absolute Gasteiger partial charge is 0.405 e. The smallest absolute Gasteiger partial charge is 0.345 e. The van der Waals surface area contributed by atoms with E-state index in [0.717, 1.165) is 11.1 Å². The Bertz CT molecular complexity index is 1020. The lowest BCUT2D eigenvalue weighted by molar-refractivity contribution is -0.115. The number of nitrogens with zero attached hydrogens (tertiary/aromatic N) is 5. The maximum absolute atomic E-state index is 12.2. The van der Waals surface area contributed by atoms with Crippen LogP contribution in [0.4, 0.5) is 19.1 Å². The van der Waals surface area contributed by atoms with Gasteiger partial charge in [0, 0.05) is 53.7 Å². The van der Waals surface area contributed by atoms with Gasteiger partial charge < -0.3 is 10.3 Å². The molecule has 10 heteroatoms. The summed E-state index contributed by atoms with van der Waals surface area (Å²) in [4.78, 5) is 19.3. The number of H-pyrrole nitrogens is 1. The monoisotopic (exact) mass is 333 g/mol. The first-order chi connectivity index (χ1) is 11.5. The Balaban J connectivity index is 1.69. The predicted molar refractivity (Wildman–Crippen MR) is 80.4 cm³/mol. The first kappa shape index (κ1) is 14.4. The van der Waals surface area contributed by atoms with Crippen LogP contribution >= 0.6 is 0 Å². The van der Waals surface area contributed by atoms with E-state index in [1.165, 1.54) is 6.20 Å². The van der Waals surface area contributed by atoms with Crippen molar-refractivity contribution in [1.29, 1.82) is 0 Å². The van der Waals surface area contributed by atoms with Gasteiger partial charge >= 0.3 is 6.18 Å². The number of aromatic amines is 1. The molecule has 0 bridgehead atoms. The van der Waals surface area contributed by atoms with E-state index in [4.69, 9.17) is 0 Å². The van der Waals surface area contributed by atoms with Crippen LogP contribution in [-0.4, -0.2) is 42.0 Å². The van der Waals surface area contributed by atoms with Gasteiger partial charge in [0.05, 0.1) is 0 Å². The molecule has 0 unspecified atom stereocenters. The van der Waals surface area contributed by atoms with Gasteiger partial charge in [-0.05, 0) is 0 Å². The Morgan fingerprint density at radius 3 is 2.88 bits per heavy atom. The summed E-state index contributed by atoms with van der Waals surface area (Å²) in [6, 6.07) is 0. The summed E-state index contributed by atoms with van der Waals surface area (Å²) in [6.07, 6.45) is 5.80. The average Bonchev–Trinajstić information content (AvgIpc) is 3.17. The molecule has 0 atom stereocenters. The van der Waals surface area contributed by atoms with Crippen LogP contribution in [0.25, 0.3) is 27.9 Å². The van der Waals surface area contributed by atoms with Gasteiger partial charge in [-0.15, -0.1) is 0 Å². The Hall–Kier alpha value is -3.17. The lowest BCUT2D eigenvalue weighted by Gasteiger charge is -2.07. The SMILES string of the molecule is FC(F)(F)CNc1ncc2c(-c3cnc4nccn4c3)c[nH]c2n1. The number of fused-ring (bicyclic) bond motifs is 2. The number of aromatic nitrogens is 6. The Morgan fingerprint density at radius 1 is 1.17 bits per heavy atom. The molecule has 0 aromatic carbocycles. The van der Waals surface area contributed by atoms with Crippen LogP contribution < -0.4 is 5.32 Å². The molecule has 2 N–H and O–H groups in total. The molecule has 4 heterocycles. The summed E-state index contributed by atoms with van der Waals surface area (Å²) in [7, 11) is 0. The molecule has 122 valence electrons. The molecule has 24 heavy (non-hydrogen) atoms. The van der Waals surface area contributed by atoms with Crippen molar-refractivity contribution in [1.82, 2.24) is 29.3 Å². The van der Waals surface area contributed by atoms with E-state index in [1.807, 2.05) is 6.20 Å². The van der Waals surface area contributed by atoms with Crippen LogP contribution in [0.2, 0.25) is 0 Å². The molecule has 0 saturated carbocycles. The van der Waals surface area contributed by atoms with Crippen LogP contribution in [0, 0.1) is 0 Å². The van der Waals surface area contributed by atoms with Gasteiger partial charge in [0.1, 0.15) is 12.2 Å². The topological polar surface area (TPSA) is 83.8 Å². The minimum Gasteiger partial charge on any atom is -0.345 e. The summed E-state index contributed by atoms with van der Waals surface area (Å²) >= 11 is 0. The average molecular weight is 333 g/mol. The van der Waals surface area contributed by atoms with Gasteiger partial charge in [-0.1, -0.05) is 0 Å². The number of alkyl halides is 3. The number of halogens is 3. The van der Waals surface area contributed by atoms with Crippen LogP contribution in [0.3, 0.4) is 0 Å². The van der Waals surface area contributed by atoms with E-state index in [0.29, 0.717) is 16.8 Å². The minimum atomic E-state index is -4.33. The fourth-order valence-corrected chi connectivity index (χ4v) is 2.37. The molecule has 4 rings (SSSR count). The van der Waals surface area contributed by atoms with Crippen molar-refractivity contribution in [2.75, 3.05) is 11.9 Å². The van der Waals surface area contributed by atoms with E-state index in [1.54, 1.807) is 29.2 Å². The zero-order valence-electron chi connectivity index (χ0n) is 12.0. The Morgan fingerprint density at radius 2 is 2.04 bits per heavy atom. The van der Waals surface area contributed by atoms with Crippen molar-refractivity contribution in [2.24, 2.45) is 0 Å². The van der Waals surface area contributed by atoms with Crippen molar-refractivity contribution in [3.8, 4) is 11.1 Å². The fourth-order valence-electron chi connectivity index (χ4n) is 2.37. The molecule has 7 nitrogen and oxygen atoms in total. The minimum absolute atomic E-state index is 0.0867. The number of hydrogen-bond donors (Lipinski definition) is 2. The second-order valence-corrected chi connectivity index (χ2v) is 5.10. The lowest BCUT2D eigenvalue weighted by atomic mass is 10.1. The molecule has 0 spiro atoms. The highest BCUT2D eigenvalue weighted by Crippen LogP contribution is 2.27. The second kappa shape index (κ2) is 5.18. The zero-order chi connectivity index (χ0) is 16.7. The fraction of sp³-hybridized carbons (Fsp3) is 0.143. The van der Waals surface area contributed by atoms with Crippen LogP contribution in [0.15, 0.2) is 37.2 Å². The van der Waals surface area contributed by atoms with Gasteiger partial charge in [-0.25, -0.2) is 15.0 Å². The molecule has 0 aliphatic carbocycles. The Labute approximate surface area is 132 Å². The summed E-state index contributed by atoms with van der Waals surface area (Å²) < 4.78 is 38.5. The summed E-state index contributed by atoms with van der Waals surface area (Å²) in [5.74, 6) is 0.491. The molecule has 0 saturated heterocycles. The summed E-state index contributed by atoms with van der Waals surface area (Å²) in [6.45, 7) is -1.19. The third-order valence-electron chi connectivity index (χ3n) is 3.44. The molecular weight excluding hydrogens is 323 g/mol. The first-order valence-corrected chi connectivity index (χ1v) is 6.93. The van der Waals surface area contributed by atoms with Crippen molar-refractivity contribution >= 4 is 22.8 Å². The number of imidazole rings is 1. The maximum Gasteiger partial charge on any atom is 0.405 e. The lowest BCUT2D eigenvalue weighted by Crippen LogP contribution is -2.22. The van der Waals surface area contributed by atoms with Gasteiger partial charge in [-0.2, -0.15) is 18.2 Å². The molecule has 0 aliphatic rings. The van der Waals surface area contributed by atoms with Crippen molar-refractivity contribution < 1.29 is 13.2 Å². The van der Waals surface area contributed by atoms with E-state index >= 15 is 0 Å². The van der Waals surface area contributed by atoms with E-state index in [9.17, 15) is 13.2 Å². The van der Waals surface area contributed by atoms with E-state index < -0.39 is 12.7 Å².